The van der Waals surface area contributed by atoms with Crippen LogP contribution in [0.15, 0.2) is 29.2 Å². The number of sulfonamides is 1. The average molecular weight is 445 g/mol. The van der Waals surface area contributed by atoms with Crippen LogP contribution >= 0.6 is 0 Å². The molecule has 0 bridgehead atoms. The third-order valence-corrected chi connectivity index (χ3v) is 7.06. The highest BCUT2D eigenvalue weighted by Gasteiger charge is 2.28. The van der Waals surface area contributed by atoms with Crippen molar-refractivity contribution >= 4 is 21.6 Å². The van der Waals surface area contributed by atoms with Crippen molar-refractivity contribution in [2.24, 2.45) is 0 Å². The molecule has 1 aliphatic rings. The Balaban J connectivity index is 1.92. The van der Waals surface area contributed by atoms with Gasteiger partial charge in [0.2, 0.25) is 10.0 Å². The lowest BCUT2D eigenvalue weighted by Crippen LogP contribution is -2.32. The van der Waals surface area contributed by atoms with Crippen molar-refractivity contribution < 1.29 is 23.1 Å². The van der Waals surface area contributed by atoms with Crippen molar-refractivity contribution in [3.63, 3.8) is 0 Å². The van der Waals surface area contributed by atoms with Crippen molar-refractivity contribution in [2.75, 3.05) is 7.11 Å². The van der Waals surface area contributed by atoms with Gasteiger partial charge in [-0.2, -0.15) is 5.10 Å². The number of hydrogen-bond donors (Lipinski definition) is 2. The lowest BCUT2D eigenvalue weighted by Gasteiger charge is -2.16. The van der Waals surface area contributed by atoms with E-state index in [-0.39, 0.29) is 27.9 Å². The molecular weight excluding hydrogens is 420 g/mol. The van der Waals surface area contributed by atoms with Crippen LogP contribution in [0.5, 0.6) is 5.75 Å². The molecule has 2 heterocycles. The van der Waals surface area contributed by atoms with Gasteiger partial charge in [0.1, 0.15) is 10.6 Å². The van der Waals surface area contributed by atoms with E-state index < -0.39 is 16.0 Å². The largest absolute Gasteiger partial charge is 0.495 e. The summed E-state index contributed by atoms with van der Waals surface area (Å²) in [6.07, 6.45) is 3.56. The van der Waals surface area contributed by atoms with Crippen LogP contribution in [0.4, 0.5) is 0 Å². The molecule has 1 saturated carbocycles. The Morgan fingerprint density at radius 2 is 1.94 bits per heavy atom. The first-order chi connectivity index (χ1) is 14.7. The summed E-state index contributed by atoms with van der Waals surface area (Å²) < 4.78 is 35.8. The van der Waals surface area contributed by atoms with Gasteiger partial charge < -0.3 is 9.84 Å². The minimum Gasteiger partial charge on any atom is -0.495 e. The van der Waals surface area contributed by atoms with Gasteiger partial charge in [0.05, 0.1) is 12.7 Å². The summed E-state index contributed by atoms with van der Waals surface area (Å²) in [5.41, 5.74) is 2.23. The van der Waals surface area contributed by atoms with Crippen LogP contribution in [-0.2, 0) is 10.0 Å². The summed E-state index contributed by atoms with van der Waals surface area (Å²) in [5.74, 6) is -1.04. The van der Waals surface area contributed by atoms with Crippen molar-refractivity contribution in [2.45, 2.75) is 50.5 Å². The van der Waals surface area contributed by atoms with Gasteiger partial charge in [-0.1, -0.05) is 18.9 Å². The summed E-state index contributed by atoms with van der Waals surface area (Å²) >= 11 is 0. The first-order valence-corrected chi connectivity index (χ1v) is 11.5. The summed E-state index contributed by atoms with van der Waals surface area (Å²) in [7, 11) is -2.47. The first-order valence-electron chi connectivity index (χ1n) is 10.0. The molecule has 2 N–H and O–H groups in total. The fourth-order valence-corrected chi connectivity index (χ4v) is 5.61. The molecule has 10 heteroatoms. The molecule has 31 heavy (non-hydrogen) atoms. The molecule has 0 amide bonds. The topological polar surface area (TPSA) is 123 Å². The summed E-state index contributed by atoms with van der Waals surface area (Å²) in [4.78, 5) is 16.4. The maximum atomic E-state index is 13.1. The van der Waals surface area contributed by atoms with E-state index in [1.165, 1.54) is 23.8 Å². The van der Waals surface area contributed by atoms with Gasteiger partial charge in [-0.25, -0.2) is 27.4 Å². The average Bonchev–Trinajstić information content (AvgIpc) is 3.35. The highest BCUT2D eigenvalue weighted by atomic mass is 32.2. The Hall–Kier alpha value is -2.98. The SMILES string of the molecule is COc1ccc(-c2c(C(=O)O)nn3c(C)cc(C)nc23)cc1S(=O)(=O)NC1CCCC1. The zero-order valence-corrected chi connectivity index (χ0v) is 18.4. The summed E-state index contributed by atoms with van der Waals surface area (Å²) in [6, 6.07) is 6.26. The van der Waals surface area contributed by atoms with E-state index in [0.717, 1.165) is 31.4 Å². The Morgan fingerprint density at radius 3 is 2.58 bits per heavy atom. The van der Waals surface area contributed by atoms with Crippen LogP contribution in [-0.4, -0.2) is 47.2 Å². The first kappa shape index (κ1) is 21.3. The normalized spacial score (nSPS) is 14.9. The minimum absolute atomic E-state index is 0.0422. The Morgan fingerprint density at radius 1 is 1.23 bits per heavy atom. The number of carboxylic acids is 1. The van der Waals surface area contributed by atoms with E-state index in [0.29, 0.717) is 16.9 Å². The number of carbonyl (C=O) groups is 1. The summed E-state index contributed by atoms with van der Waals surface area (Å²) in [6.45, 7) is 3.61. The van der Waals surface area contributed by atoms with Gasteiger partial charge in [0, 0.05) is 17.4 Å². The Kier molecular flexibility index (Phi) is 5.44. The molecular formula is C21H24N4O5S. The third-order valence-electron chi connectivity index (χ3n) is 5.52. The van der Waals surface area contributed by atoms with E-state index in [9.17, 15) is 18.3 Å². The van der Waals surface area contributed by atoms with E-state index in [2.05, 4.69) is 14.8 Å². The van der Waals surface area contributed by atoms with Gasteiger partial charge in [-0.15, -0.1) is 0 Å². The van der Waals surface area contributed by atoms with E-state index >= 15 is 0 Å². The highest BCUT2D eigenvalue weighted by molar-refractivity contribution is 7.89. The van der Waals surface area contributed by atoms with Crippen molar-refractivity contribution in [3.05, 3.63) is 41.3 Å². The number of aromatic carboxylic acids is 1. The zero-order valence-electron chi connectivity index (χ0n) is 17.5. The molecule has 0 spiro atoms. The highest BCUT2D eigenvalue weighted by Crippen LogP contribution is 2.34. The fraction of sp³-hybridized carbons (Fsp3) is 0.381. The van der Waals surface area contributed by atoms with Crippen LogP contribution in [0.25, 0.3) is 16.8 Å². The molecule has 164 valence electrons. The van der Waals surface area contributed by atoms with Gasteiger partial charge in [0.25, 0.3) is 0 Å². The molecule has 0 radical (unpaired) electrons. The van der Waals surface area contributed by atoms with Crippen LogP contribution in [0.3, 0.4) is 0 Å². The minimum atomic E-state index is -3.87. The molecule has 9 nitrogen and oxygen atoms in total. The molecule has 3 aromatic rings. The molecule has 1 fully saturated rings. The number of carboxylic acid groups (broad SMARTS) is 1. The maximum absolute atomic E-state index is 13.1. The van der Waals surface area contributed by atoms with E-state index in [1.54, 1.807) is 26.0 Å². The second-order valence-corrected chi connectivity index (χ2v) is 9.45. The number of nitrogens with zero attached hydrogens (tertiary/aromatic N) is 3. The third kappa shape index (κ3) is 3.88. The van der Waals surface area contributed by atoms with Gasteiger partial charge in [0.15, 0.2) is 11.3 Å². The number of methoxy groups -OCH3 is 1. The summed E-state index contributed by atoms with van der Waals surface area (Å²) in [5, 5.41) is 14.0. The molecule has 0 atom stereocenters. The number of benzene rings is 1. The van der Waals surface area contributed by atoms with Crippen molar-refractivity contribution in [1.29, 1.82) is 0 Å². The molecule has 1 aliphatic carbocycles. The Bertz CT molecular complexity index is 1280. The van der Waals surface area contributed by atoms with E-state index in [1.807, 2.05) is 0 Å². The molecule has 0 unspecified atom stereocenters. The number of aryl methyl sites for hydroxylation is 2. The maximum Gasteiger partial charge on any atom is 0.357 e. The monoisotopic (exact) mass is 444 g/mol. The van der Waals surface area contributed by atoms with E-state index in [4.69, 9.17) is 4.74 Å². The zero-order chi connectivity index (χ0) is 22.3. The number of fused-ring (bicyclic) bond motifs is 1. The number of rotatable bonds is 6. The second-order valence-electron chi connectivity index (χ2n) is 7.77. The van der Waals surface area contributed by atoms with Crippen LogP contribution in [0.2, 0.25) is 0 Å². The molecule has 4 rings (SSSR count). The van der Waals surface area contributed by atoms with Gasteiger partial charge in [-0.05, 0) is 50.5 Å². The quantitative estimate of drug-likeness (QED) is 0.599. The van der Waals surface area contributed by atoms with Crippen LogP contribution < -0.4 is 9.46 Å². The number of nitrogens with one attached hydrogen (secondary N) is 1. The predicted molar refractivity (Wildman–Crippen MR) is 114 cm³/mol. The molecule has 1 aromatic carbocycles. The Labute approximate surface area is 180 Å². The van der Waals surface area contributed by atoms with Gasteiger partial charge in [-0.3, -0.25) is 0 Å². The number of hydrogen-bond acceptors (Lipinski definition) is 6. The van der Waals surface area contributed by atoms with Crippen molar-refractivity contribution in [1.82, 2.24) is 19.3 Å². The number of ether oxygens (including phenoxy) is 1. The smallest absolute Gasteiger partial charge is 0.357 e. The van der Waals surface area contributed by atoms with Crippen molar-refractivity contribution in [3.8, 4) is 16.9 Å². The fourth-order valence-electron chi connectivity index (χ4n) is 4.11. The molecule has 2 aromatic heterocycles. The molecule has 0 aliphatic heterocycles. The predicted octanol–water partition coefficient (Wildman–Crippen LogP) is 2.94. The van der Waals surface area contributed by atoms with Crippen LogP contribution in [0.1, 0.15) is 47.6 Å². The number of aromatic nitrogens is 3. The van der Waals surface area contributed by atoms with Gasteiger partial charge >= 0.3 is 5.97 Å². The molecule has 0 saturated heterocycles. The lowest BCUT2D eigenvalue weighted by atomic mass is 10.1. The second kappa shape index (κ2) is 7.93. The lowest BCUT2D eigenvalue weighted by molar-refractivity contribution is 0.0691. The van der Waals surface area contributed by atoms with Crippen LogP contribution in [0, 0.1) is 13.8 Å². The standard InChI is InChI=1S/C21H24N4O5S/c1-12-10-13(2)25-20(22-12)18(19(23-25)21(26)27)14-8-9-16(30-3)17(11-14)31(28,29)24-15-6-4-5-7-15/h8-11,15,24H,4-7H2,1-3H3,(H,26,27).